The Labute approximate surface area is 124 Å². The predicted molar refractivity (Wildman–Crippen MR) is 82.9 cm³/mol. The molecule has 1 amide bonds. The number of nitrogens with one attached hydrogen (secondary N) is 1. The molecule has 1 rings (SSSR count). The van der Waals surface area contributed by atoms with Crippen LogP contribution in [0.3, 0.4) is 0 Å². The van der Waals surface area contributed by atoms with Crippen molar-refractivity contribution in [2.24, 2.45) is 5.41 Å². The normalized spacial score (nSPS) is 18.2. The van der Waals surface area contributed by atoms with Gasteiger partial charge in [-0.3, -0.25) is 0 Å². The maximum absolute atomic E-state index is 12.0. The summed E-state index contributed by atoms with van der Waals surface area (Å²) in [6.07, 6.45) is 3.03. The number of amides is 1. The molecule has 1 aliphatic heterocycles. The van der Waals surface area contributed by atoms with E-state index >= 15 is 0 Å². The smallest absolute Gasteiger partial charge is 0.410 e. The number of carbonyl (C=O) groups is 1. The Morgan fingerprint density at radius 3 is 2.20 bits per heavy atom. The van der Waals surface area contributed by atoms with Crippen molar-refractivity contribution < 1.29 is 9.53 Å². The highest BCUT2D eigenvalue weighted by Gasteiger charge is 2.27. The fourth-order valence-corrected chi connectivity index (χ4v) is 2.14. The van der Waals surface area contributed by atoms with Gasteiger partial charge in [-0.25, -0.2) is 4.79 Å². The molecule has 1 saturated heterocycles. The Bertz CT molecular complexity index is 313. The number of rotatable bonds is 4. The van der Waals surface area contributed by atoms with Crippen LogP contribution in [0.15, 0.2) is 0 Å². The molecule has 1 aliphatic rings. The highest BCUT2D eigenvalue weighted by Crippen LogP contribution is 2.20. The lowest BCUT2D eigenvalue weighted by molar-refractivity contribution is 0.0196. The molecule has 0 saturated carbocycles. The lowest BCUT2D eigenvalue weighted by atomic mass is 9.89. The summed E-state index contributed by atoms with van der Waals surface area (Å²) < 4.78 is 5.41. The van der Waals surface area contributed by atoms with Gasteiger partial charge in [-0.15, -0.1) is 0 Å². The van der Waals surface area contributed by atoms with Crippen molar-refractivity contribution in [1.82, 2.24) is 10.2 Å². The van der Waals surface area contributed by atoms with Crippen LogP contribution in [-0.2, 0) is 4.74 Å². The summed E-state index contributed by atoms with van der Waals surface area (Å²) in [6, 6.07) is 0.527. The molecule has 0 aliphatic carbocycles. The average Bonchev–Trinajstić information content (AvgIpc) is 2.35. The van der Waals surface area contributed by atoms with Gasteiger partial charge in [-0.2, -0.15) is 0 Å². The Morgan fingerprint density at radius 1 is 1.20 bits per heavy atom. The molecule has 1 fully saturated rings. The third-order valence-electron chi connectivity index (χ3n) is 3.97. The van der Waals surface area contributed by atoms with Crippen LogP contribution >= 0.6 is 0 Å². The minimum atomic E-state index is -0.405. The molecule has 0 bridgehead atoms. The van der Waals surface area contributed by atoms with Gasteiger partial charge in [-0.05, 0) is 45.4 Å². The van der Waals surface area contributed by atoms with E-state index in [2.05, 4.69) is 26.1 Å². The van der Waals surface area contributed by atoms with Crippen LogP contribution in [0.1, 0.15) is 60.8 Å². The van der Waals surface area contributed by atoms with E-state index in [0.29, 0.717) is 11.5 Å². The van der Waals surface area contributed by atoms with Crippen molar-refractivity contribution in [3.05, 3.63) is 0 Å². The number of likely N-dealkylation sites (tertiary alicyclic amines) is 1. The van der Waals surface area contributed by atoms with Crippen LogP contribution in [0, 0.1) is 5.41 Å². The lowest BCUT2D eigenvalue weighted by Crippen LogP contribution is -2.48. The summed E-state index contributed by atoms with van der Waals surface area (Å²) >= 11 is 0. The summed E-state index contributed by atoms with van der Waals surface area (Å²) in [5, 5.41) is 3.64. The van der Waals surface area contributed by atoms with Crippen LogP contribution in [0.2, 0.25) is 0 Å². The minimum Gasteiger partial charge on any atom is -0.444 e. The zero-order valence-corrected chi connectivity index (χ0v) is 14.1. The Hall–Kier alpha value is -0.770. The fourth-order valence-electron chi connectivity index (χ4n) is 2.14. The first kappa shape index (κ1) is 17.3. The van der Waals surface area contributed by atoms with Gasteiger partial charge in [0, 0.05) is 25.7 Å². The van der Waals surface area contributed by atoms with E-state index in [1.807, 2.05) is 25.7 Å². The first-order valence-electron chi connectivity index (χ1n) is 7.84. The first-order chi connectivity index (χ1) is 9.13. The summed E-state index contributed by atoms with van der Waals surface area (Å²) in [7, 11) is 0. The van der Waals surface area contributed by atoms with E-state index in [1.165, 1.54) is 6.42 Å². The Kier molecular flexibility index (Phi) is 5.87. The maximum atomic E-state index is 12.0. The number of nitrogens with zero attached hydrogens (tertiary/aromatic N) is 1. The van der Waals surface area contributed by atoms with Crippen LogP contribution in [0.25, 0.3) is 0 Å². The van der Waals surface area contributed by atoms with E-state index in [1.54, 1.807) is 0 Å². The van der Waals surface area contributed by atoms with Crippen LogP contribution in [0.5, 0.6) is 0 Å². The van der Waals surface area contributed by atoms with Crippen molar-refractivity contribution >= 4 is 6.09 Å². The third-order valence-corrected chi connectivity index (χ3v) is 3.97. The maximum Gasteiger partial charge on any atom is 0.410 e. The van der Waals surface area contributed by atoms with Gasteiger partial charge < -0.3 is 15.0 Å². The van der Waals surface area contributed by atoms with Crippen LogP contribution < -0.4 is 5.32 Å². The van der Waals surface area contributed by atoms with Gasteiger partial charge >= 0.3 is 6.09 Å². The fraction of sp³-hybridized carbons (Fsp3) is 0.938. The zero-order valence-electron chi connectivity index (χ0n) is 14.1. The SMILES string of the molecule is CCC(C)(C)CNC1CCN(C(=O)OC(C)(C)C)CC1. The molecule has 0 spiro atoms. The second kappa shape index (κ2) is 6.79. The van der Waals surface area contributed by atoms with Crippen molar-refractivity contribution in [2.75, 3.05) is 19.6 Å². The average molecular weight is 284 g/mol. The molecular weight excluding hydrogens is 252 g/mol. The summed E-state index contributed by atoms with van der Waals surface area (Å²) in [4.78, 5) is 13.8. The molecule has 0 aromatic rings. The van der Waals surface area contributed by atoms with Crippen molar-refractivity contribution in [1.29, 1.82) is 0 Å². The minimum absolute atomic E-state index is 0.176. The second-order valence-corrected chi connectivity index (χ2v) is 7.64. The molecule has 118 valence electrons. The molecule has 0 atom stereocenters. The first-order valence-corrected chi connectivity index (χ1v) is 7.84. The molecule has 4 nitrogen and oxygen atoms in total. The topological polar surface area (TPSA) is 41.6 Å². The molecule has 1 N–H and O–H groups in total. The van der Waals surface area contributed by atoms with Crippen molar-refractivity contribution in [3.63, 3.8) is 0 Å². The van der Waals surface area contributed by atoms with Crippen molar-refractivity contribution in [3.8, 4) is 0 Å². The number of ether oxygens (including phenoxy) is 1. The summed E-state index contributed by atoms with van der Waals surface area (Å²) in [5.41, 5.74) is -0.0559. The van der Waals surface area contributed by atoms with Gasteiger partial charge in [0.05, 0.1) is 0 Å². The number of carbonyl (C=O) groups excluding carboxylic acids is 1. The highest BCUT2D eigenvalue weighted by molar-refractivity contribution is 5.68. The third kappa shape index (κ3) is 6.12. The highest BCUT2D eigenvalue weighted by atomic mass is 16.6. The quantitative estimate of drug-likeness (QED) is 0.860. The standard InChI is InChI=1S/C16H32N2O2/c1-7-16(5,6)12-17-13-8-10-18(11-9-13)14(19)20-15(2,3)4/h13,17H,7-12H2,1-6H3. The zero-order chi connectivity index (χ0) is 15.4. The van der Waals surface area contributed by atoms with E-state index in [-0.39, 0.29) is 6.09 Å². The van der Waals surface area contributed by atoms with E-state index in [0.717, 1.165) is 32.5 Å². The summed E-state index contributed by atoms with van der Waals surface area (Å²) in [6.45, 7) is 15.2. The van der Waals surface area contributed by atoms with Crippen LogP contribution in [0.4, 0.5) is 4.79 Å². The predicted octanol–water partition coefficient (Wildman–Crippen LogP) is 3.41. The van der Waals surface area contributed by atoms with Gasteiger partial charge in [0.15, 0.2) is 0 Å². The number of piperidine rings is 1. The Balaban J connectivity index is 2.31. The Morgan fingerprint density at radius 2 is 1.75 bits per heavy atom. The molecule has 0 radical (unpaired) electrons. The van der Waals surface area contributed by atoms with E-state index in [4.69, 9.17) is 4.74 Å². The van der Waals surface area contributed by atoms with E-state index < -0.39 is 5.60 Å². The summed E-state index contributed by atoms with van der Waals surface area (Å²) in [5.74, 6) is 0. The number of hydrogen-bond acceptors (Lipinski definition) is 3. The monoisotopic (exact) mass is 284 g/mol. The molecule has 0 aromatic heterocycles. The molecule has 0 unspecified atom stereocenters. The largest absolute Gasteiger partial charge is 0.444 e. The van der Waals surface area contributed by atoms with Crippen LogP contribution in [-0.4, -0.2) is 42.3 Å². The van der Waals surface area contributed by atoms with Gasteiger partial charge in [-0.1, -0.05) is 20.8 Å². The van der Waals surface area contributed by atoms with E-state index in [9.17, 15) is 4.79 Å². The second-order valence-electron chi connectivity index (χ2n) is 7.64. The number of hydrogen-bond donors (Lipinski definition) is 1. The van der Waals surface area contributed by atoms with Gasteiger partial charge in [0.25, 0.3) is 0 Å². The molecule has 20 heavy (non-hydrogen) atoms. The molecule has 0 aromatic carbocycles. The molecule has 4 heteroatoms. The van der Waals surface area contributed by atoms with Gasteiger partial charge in [0.1, 0.15) is 5.60 Å². The lowest BCUT2D eigenvalue weighted by Gasteiger charge is -2.35. The van der Waals surface area contributed by atoms with Gasteiger partial charge in [0.2, 0.25) is 0 Å². The molecule has 1 heterocycles. The molecular formula is C16H32N2O2. The van der Waals surface area contributed by atoms with Crippen molar-refractivity contribution in [2.45, 2.75) is 72.4 Å².